The number of hydrogen-bond acceptors (Lipinski definition) is 5. The monoisotopic (exact) mass is 393 g/mol. The summed E-state index contributed by atoms with van der Waals surface area (Å²) in [6.45, 7) is 5.69. The van der Waals surface area contributed by atoms with Gasteiger partial charge < -0.3 is 5.32 Å². The van der Waals surface area contributed by atoms with Crippen molar-refractivity contribution in [3.63, 3.8) is 0 Å². The lowest BCUT2D eigenvalue weighted by atomic mass is 10.1. The van der Waals surface area contributed by atoms with E-state index in [4.69, 9.17) is 0 Å². The van der Waals surface area contributed by atoms with Crippen LogP contribution in [0.1, 0.15) is 18.1 Å². The van der Waals surface area contributed by atoms with Crippen LogP contribution in [-0.4, -0.2) is 43.0 Å². The average Bonchev–Trinajstić information content (AvgIpc) is 2.58. The minimum atomic E-state index is -3.51. The molecule has 1 heterocycles. The van der Waals surface area contributed by atoms with Crippen LogP contribution < -0.4 is 5.32 Å². The van der Waals surface area contributed by atoms with E-state index in [-0.39, 0.29) is 16.1 Å². The zero-order chi connectivity index (χ0) is 19.5. The number of para-hydroxylation sites is 1. The number of nitrogens with zero attached hydrogens (tertiary/aromatic N) is 2. The molecule has 140 valence electrons. The van der Waals surface area contributed by atoms with E-state index in [1.54, 1.807) is 13.0 Å². The molecule has 0 saturated carbocycles. The minimum absolute atomic E-state index is 0.125. The molecule has 8 heteroatoms. The van der Waals surface area contributed by atoms with Gasteiger partial charge in [0.25, 0.3) is 0 Å². The van der Waals surface area contributed by atoms with Crippen molar-refractivity contribution in [2.75, 3.05) is 19.4 Å². The van der Waals surface area contributed by atoms with Gasteiger partial charge >= 0.3 is 0 Å². The Labute approximate surface area is 159 Å². The summed E-state index contributed by atoms with van der Waals surface area (Å²) in [5.74, 6) is -0.126. The number of aryl methyl sites for hydroxylation is 2. The Morgan fingerprint density at radius 3 is 2.27 bits per heavy atom. The molecular weight excluding hydrogens is 370 g/mol. The first-order valence-electron chi connectivity index (χ1n) is 8.05. The van der Waals surface area contributed by atoms with E-state index >= 15 is 0 Å². The molecule has 6 nitrogen and oxygen atoms in total. The molecule has 0 fully saturated rings. The third-order valence-electron chi connectivity index (χ3n) is 3.88. The molecule has 1 amide bonds. The van der Waals surface area contributed by atoms with Crippen molar-refractivity contribution in [1.29, 1.82) is 0 Å². The van der Waals surface area contributed by atoms with Crippen molar-refractivity contribution < 1.29 is 13.2 Å². The zero-order valence-corrected chi connectivity index (χ0v) is 17.1. The summed E-state index contributed by atoms with van der Waals surface area (Å²) in [4.78, 5) is 16.8. The van der Waals surface area contributed by atoms with E-state index in [1.165, 1.54) is 38.1 Å². The second-order valence-corrected chi connectivity index (χ2v) is 9.65. The SMILES string of the molecule is Cc1cccc(C)c1NC(=O)C(C)Sc1ccc(S(=O)(=O)N(C)C)cn1. The van der Waals surface area contributed by atoms with Gasteiger partial charge in [0.1, 0.15) is 4.90 Å². The standard InChI is InChI=1S/C18H23N3O3S2/c1-12-7-6-8-13(2)17(12)20-18(22)14(3)25-16-10-9-15(11-19-16)26(23,24)21(4)5/h6-11,14H,1-5H3,(H,20,22). The third-order valence-corrected chi connectivity index (χ3v) is 6.73. The number of carbonyl (C=O) groups is 1. The van der Waals surface area contributed by atoms with E-state index in [2.05, 4.69) is 10.3 Å². The van der Waals surface area contributed by atoms with Gasteiger partial charge in [-0.3, -0.25) is 4.79 Å². The molecule has 1 unspecified atom stereocenters. The second-order valence-electron chi connectivity index (χ2n) is 6.14. The van der Waals surface area contributed by atoms with E-state index in [0.717, 1.165) is 21.1 Å². The fourth-order valence-electron chi connectivity index (χ4n) is 2.27. The van der Waals surface area contributed by atoms with Gasteiger partial charge in [-0.2, -0.15) is 0 Å². The number of thioether (sulfide) groups is 1. The highest BCUT2D eigenvalue weighted by molar-refractivity contribution is 8.00. The number of hydrogen-bond donors (Lipinski definition) is 1. The molecule has 1 atom stereocenters. The predicted octanol–water partition coefficient (Wildman–Crippen LogP) is 3.07. The lowest BCUT2D eigenvalue weighted by Crippen LogP contribution is -2.23. The molecule has 2 rings (SSSR count). The van der Waals surface area contributed by atoms with E-state index in [9.17, 15) is 13.2 Å². The van der Waals surface area contributed by atoms with Crippen LogP contribution in [0.3, 0.4) is 0 Å². The fraction of sp³-hybridized carbons (Fsp3) is 0.333. The number of carbonyl (C=O) groups excluding carboxylic acids is 1. The summed E-state index contributed by atoms with van der Waals surface area (Å²) in [7, 11) is -0.566. The van der Waals surface area contributed by atoms with Crippen LogP contribution in [0.25, 0.3) is 0 Å². The molecular formula is C18H23N3O3S2. The van der Waals surface area contributed by atoms with Gasteiger partial charge in [-0.05, 0) is 44.0 Å². The molecule has 0 spiro atoms. The number of sulfonamides is 1. The second kappa shape index (κ2) is 8.20. The normalized spacial score (nSPS) is 12.8. The number of rotatable bonds is 6. The van der Waals surface area contributed by atoms with Crippen LogP contribution in [0, 0.1) is 13.8 Å². The van der Waals surface area contributed by atoms with Crippen LogP contribution in [0.5, 0.6) is 0 Å². The van der Waals surface area contributed by atoms with Gasteiger partial charge in [0.2, 0.25) is 15.9 Å². The smallest absolute Gasteiger partial charge is 0.244 e. The number of aromatic nitrogens is 1. The Morgan fingerprint density at radius 2 is 1.77 bits per heavy atom. The van der Waals surface area contributed by atoms with Crippen molar-refractivity contribution in [1.82, 2.24) is 9.29 Å². The summed E-state index contributed by atoms with van der Waals surface area (Å²) < 4.78 is 25.2. The first-order valence-corrected chi connectivity index (χ1v) is 10.4. The molecule has 0 aliphatic carbocycles. The summed E-state index contributed by atoms with van der Waals surface area (Å²) in [5.41, 5.74) is 2.84. The third kappa shape index (κ3) is 4.63. The van der Waals surface area contributed by atoms with Crippen molar-refractivity contribution in [3.05, 3.63) is 47.7 Å². The number of benzene rings is 1. The van der Waals surface area contributed by atoms with Crippen molar-refractivity contribution in [3.8, 4) is 0 Å². The van der Waals surface area contributed by atoms with Crippen LogP contribution in [0.15, 0.2) is 46.5 Å². The quantitative estimate of drug-likeness (QED) is 0.763. The fourth-order valence-corrected chi connectivity index (χ4v) is 3.91. The van der Waals surface area contributed by atoms with Gasteiger partial charge in [-0.1, -0.05) is 30.0 Å². The largest absolute Gasteiger partial charge is 0.325 e. The molecule has 0 aliphatic rings. The Balaban J connectivity index is 2.07. The summed E-state index contributed by atoms with van der Waals surface area (Å²) >= 11 is 1.28. The maximum Gasteiger partial charge on any atom is 0.244 e. The van der Waals surface area contributed by atoms with Crippen LogP contribution in [0.2, 0.25) is 0 Å². The van der Waals surface area contributed by atoms with Crippen molar-refractivity contribution in [2.24, 2.45) is 0 Å². The summed E-state index contributed by atoms with van der Waals surface area (Å²) in [6.07, 6.45) is 1.31. The van der Waals surface area contributed by atoms with Crippen molar-refractivity contribution >= 4 is 33.4 Å². The van der Waals surface area contributed by atoms with E-state index in [0.29, 0.717) is 5.03 Å². The van der Waals surface area contributed by atoms with E-state index in [1.807, 2.05) is 32.0 Å². The van der Waals surface area contributed by atoms with Gasteiger partial charge in [-0.15, -0.1) is 0 Å². The topological polar surface area (TPSA) is 79.4 Å². The number of pyridine rings is 1. The Hall–Kier alpha value is -1.90. The minimum Gasteiger partial charge on any atom is -0.325 e. The number of anilines is 1. The van der Waals surface area contributed by atoms with Crippen LogP contribution in [-0.2, 0) is 14.8 Å². The molecule has 1 aromatic carbocycles. The van der Waals surface area contributed by atoms with Gasteiger partial charge in [-0.25, -0.2) is 17.7 Å². The molecule has 0 saturated heterocycles. The number of nitrogens with one attached hydrogen (secondary N) is 1. The van der Waals surface area contributed by atoms with Crippen LogP contribution >= 0.6 is 11.8 Å². The highest BCUT2D eigenvalue weighted by atomic mass is 32.2. The summed E-state index contributed by atoms with van der Waals surface area (Å²) in [5, 5.41) is 3.17. The van der Waals surface area contributed by atoms with Gasteiger partial charge in [0.05, 0.1) is 10.3 Å². The van der Waals surface area contributed by atoms with Gasteiger partial charge in [0.15, 0.2) is 0 Å². The predicted molar refractivity (Wildman–Crippen MR) is 105 cm³/mol. The Kier molecular flexibility index (Phi) is 6.44. The maximum atomic E-state index is 12.5. The van der Waals surface area contributed by atoms with Gasteiger partial charge in [0, 0.05) is 26.0 Å². The molecule has 26 heavy (non-hydrogen) atoms. The highest BCUT2D eigenvalue weighted by Gasteiger charge is 2.20. The molecule has 0 aliphatic heterocycles. The number of amides is 1. The maximum absolute atomic E-state index is 12.5. The molecule has 0 bridgehead atoms. The molecule has 1 aromatic heterocycles. The molecule has 1 N–H and O–H groups in total. The lowest BCUT2D eigenvalue weighted by molar-refractivity contribution is -0.115. The Bertz CT molecular complexity index is 874. The summed E-state index contributed by atoms with van der Waals surface area (Å²) in [6, 6.07) is 8.97. The molecule has 2 aromatic rings. The van der Waals surface area contributed by atoms with E-state index < -0.39 is 10.0 Å². The zero-order valence-electron chi connectivity index (χ0n) is 15.5. The lowest BCUT2D eigenvalue weighted by Gasteiger charge is -2.15. The van der Waals surface area contributed by atoms with Crippen molar-refractivity contribution in [2.45, 2.75) is 35.9 Å². The first kappa shape index (κ1) is 20.4. The average molecular weight is 394 g/mol. The Morgan fingerprint density at radius 1 is 1.15 bits per heavy atom. The highest BCUT2D eigenvalue weighted by Crippen LogP contribution is 2.25. The first-order chi connectivity index (χ1) is 12.1. The van der Waals surface area contributed by atoms with Crippen LogP contribution in [0.4, 0.5) is 5.69 Å². The molecule has 0 radical (unpaired) electrons.